The van der Waals surface area contributed by atoms with Crippen LogP contribution in [0.25, 0.3) is 0 Å². The van der Waals surface area contributed by atoms with Crippen molar-refractivity contribution >= 4 is 0 Å². The molecule has 3 N–H and O–H groups in total. The lowest BCUT2D eigenvalue weighted by molar-refractivity contribution is 0.158. The highest BCUT2D eigenvalue weighted by Gasteiger charge is 2.17. The van der Waals surface area contributed by atoms with E-state index in [0.29, 0.717) is 11.8 Å². The van der Waals surface area contributed by atoms with Crippen LogP contribution >= 0.6 is 0 Å². The van der Waals surface area contributed by atoms with E-state index in [2.05, 4.69) is 31.0 Å². The van der Waals surface area contributed by atoms with Gasteiger partial charge in [0.2, 0.25) is 0 Å². The molecule has 3 nitrogen and oxygen atoms in total. The number of nitrogens with zero attached hydrogens (tertiary/aromatic N) is 1. The van der Waals surface area contributed by atoms with Crippen molar-refractivity contribution in [1.29, 1.82) is 0 Å². The summed E-state index contributed by atoms with van der Waals surface area (Å²) in [7, 11) is 0. The van der Waals surface area contributed by atoms with Gasteiger partial charge in [0.15, 0.2) is 0 Å². The molecule has 1 aliphatic heterocycles. The van der Waals surface area contributed by atoms with Gasteiger partial charge in [-0.2, -0.15) is 0 Å². The molecule has 2 atom stereocenters. The van der Waals surface area contributed by atoms with Gasteiger partial charge in [-0.05, 0) is 70.7 Å². The molecular formula is C15H33N3. The van der Waals surface area contributed by atoms with Crippen molar-refractivity contribution < 1.29 is 0 Å². The van der Waals surface area contributed by atoms with Crippen LogP contribution in [0.3, 0.4) is 0 Å². The van der Waals surface area contributed by atoms with Crippen molar-refractivity contribution in [2.75, 3.05) is 32.7 Å². The smallest absolute Gasteiger partial charge is 0.00669 e. The van der Waals surface area contributed by atoms with E-state index in [1.807, 2.05) is 0 Å². The van der Waals surface area contributed by atoms with Crippen LogP contribution in [-0.2, 0) is 0 Å². The molecule has 0 spiro atoms. The lowest BCUT2D eigenvalue weighted by Gasteiger charge is -2.33. The fourth-order valence-corrected chi connectivity index (χ4v) is 2.78. The van der Waals surface area contributed by atoms with Crippen LogP contribution in [0.15, 0.2) is 0 Å². The summed E-state index contributed by atoms with van der Waals surface area (Å²) in [6.45, 7) is 12.4. The zero-order valence-electron chi connectivity index (χ0n) is 12.6. The van der Waals surface area contributed by atoms with Gasteiger partial charge in [-0.15, -0.1) is 0 Å². The van der Waals surface area contributed by atoms with Gasteiger partial charge >= 0.3 is 0 Å². The first kappa shape index (κ1) is 15.9. The third-order valence-corrected chi connectivity index (χ3v) is 4.39. The minimum atomic E-state index is 0.624. The molecule has 2 unspecified atom stereocenters. The van der Waals surface area contributed by atoms with Gasteiger partial charge in [0, 0.05) is 6.04 Å². The van der Waals surface area contributed by atoms with Crippen LogP contribution in [0.5, 0.6) is 0 Å². The molecule has 1 fully saturated rings. The minimum absolute atomic E-state index is 0.624. The second-order valence-electron chi connectivity index (χ2n) is 6.18. The SMILES string of the molecule is CC(C)C(CN)CNCCCN1CCCCC1C. The van der Waals surface area contributed by atoms with E-state index in [-0.39, 0.29) is 0 Å². The summed E-state index contributed by atoms with van der Waals surface area (Å²) >= 11 is 0. The molecule has 0 aromatic heterocycles. The van der Waals surface area contributed by atoms with E-state index >= 15 is 0 Å². The van der Waals surface area contributed by atoms with E-state index in [1.165, 1.54) is 38.8 Å². The van der Waals surface area contributed by atoms with Crippen molar-refractivity contribution in [1.82, 2.24) is 10.2 Å². The van der Waals surface area contributed by atoms with Gasteiger partial charge in [-0.1, -0.05) is 20.3 Å². The molecule has 0 saturated carbocycles. The van der Waals surface area contributed by atoms with E-state index in [4.69, 9.17) is 5.73 Å². The maximum absolute atomic E-state index is 5.78. The molecule has 1 aliphatic rings. The lowest BCUT2D eigenvalue weighted by atomic mass is 9.96. The Morgan fingerprint density at radius 2 is 2.11 bits per heavy atom. The predicted molar refractivity (Wildman–Crippen MR) is 79.8 cm³/mol. The van der Waals surface area contributed by atoms with Crippen molar-refractivity contribution in [3.8, 4) is 0 Å². The highest BCUT2D eigenvalue weighted by molar-refractivity contribution is 4.73. The van der Waals surface area contributed by atoms with E-state index in [0.717, 1.165) is 25.7 Å². The zero-order valence-corrected chi connectivity index (χ0v) is 12.6. The summed E-state index contributed by atoms with van der Waals surface area (Å²) in [5.41, 5.74) is 5.78. The molecule has 0 radical (unpaired) electrons. The monoisotopic (exact) mass is 255 g/mol. The maximum atomic E-state index is 5.78. The van der Waals surface area contributed by atoms with Gasteiger partial charge in [0.25, 0.3) is 0 Å². The second kappa shape index (κ2) is 8.89. The van der Waals surface area contributed by atoms with Crippen molar-refractivity contribution in [2.24, 2.45) is 17.6 Å². The largest absolute Gasteiger partial charge is 0.330 e. The topological polar surface area (TPSA) is 41.3 Å². The minimum Gasteiger partial charge on any atom is -0.330 e. The van der Waals surface area contributed by atoms with Crippen molar-refractivity contribution in [3.63, 3.8) is 0 Å². The number of nitrogens with one attached hydrogen (secondary N) is 1. The van der Waals surface area contributed by atoms with Gasteiger partial charge in [0.05, 0.1) is 0 Å². The fourth-order valence-electron chi connectivity index (χ4n) is 2.78. The van der Waals surface area contributed by atoms with Crippen LogP contribution in [0.4, 0.5) is 0 Å². The Kier molecular flexibility index (Phi) is 7.87. The molecule has 3 heteroatoms. The van der Waals surface area contributed by atoms with Gasteiger partial charge in [-0.25, -0.2) is 0 Å². The van der Waals surface area contributed by atoms with Gasteiger partial charge in [-0.3, -0.25) is 0 Å². The van der Waals surface area contributed by atoms with E-state index in [9.17, 15) is 0 Å². The average molecular weight is 255 g/mol. The highest BCUT2D eigenvalue weighted by Crippen LogP contribution is 2.16. The Hall–Kier alpha value is -0.120. The maximum Gasteiger partial charge on any atom is 0.00669 e. The molecule has 1 saturated heterocycles. The van der Waals surface area contributed by atoms with Crippen molar-refractivity contribution in [2.45, 2.75) is 52.5 Å². The Morgan fingerprint density at radius 3 is 2.72 bits per heavy atom. The molecule has 1 rings (SSSR count). The van der Waals surface area contributed by atoms with Crippen LogP contribution in [0.2, 0.25) is 0 Å². The Labute approximate surface area is 113 Å². The standard InChI is InChI=1S/C15H33N3/c1-13(2)15(11-16)12-17-8-6-10-18-9-5-4-7-14(18)3/h13-15,17H,4-12,16H2,1-3H3. The average Bonchev–Trinajstić information content (AvgIpc) is 2.35. The summed E-state index contributed by atoms with van der Waals surface area (Å²) in [5, 5.41) is 3.57. The summed E-state index contributed by atoms with van der Waals surface area (Å²) < 4.78 is 0. The van der Waals surface area contributed by atoms with Gasteiger partial charge < -0.3 is 16.0 Å². The summed E-state index contributed by atoms with van der Waals surface area (Å²) in [6.07, 6.45) is 5.46. The van der Waals surface area contributed by atoms with Crippen LogP contribution in [-0.4, -0.2) is 43.7 Å². The number of piperidine rings is 1. The molecule has 18 heavy (non-hydrogen) atoms. The molecule has 0 bridgehead atoms. The highest BCUT2D eigenvalue weighted by atomic mass is 15.2. The first-order valence-corrected chi connectivity index (χ1v) is 7.80. The summed E-state index contributed by atoms with van der Waals surface area (Å²) in [4.78, 5) is 2.65. The molecule has 0 amide bonds. The first-order chi connectivity index (χ1) is 8.65. The number of hydrogen-bond donors (Lipinski definition) is 2. The summed E-state index contributed by atoms with van der Waals surface area (Å²) in [5.74, 6) is 1.31. The normalized spacial score (nSPS) is 23.5. The van der Waals surface area contributed by atoms with E-state index < -0.39 is 0 Å². The Morgan fingerprint density at radius 1 is 1.33 bits per heavy atom. The number of rotatable bonds is 8. The van der Waals surface area contributed by atoms with Gasteiger partial charge in [0.1, 0.15) is 0 Å². The number of likely N-dealkylation sites (tertiary alicyclic amines) is 1. The van der Waals surface area contributed by atoms with Crippen molar-refractivity contribution in [3.05, 3.63) is 0 Å². The molecule has 108 valence electrons. The fraction of sp³-hybridized carbons (Fsp3) is 1.00. The molecular weight excluding hydrogens is 222 g/mol. The zero-order chi connectivity index (χ0) is 13.4. The molecule has 0 aliphatic carbocycles. The lowest BCUT2D eigenvalue weighted by Crippen LogP contribution is -2.39. The first-order valence-electron chi connectivity index (χ1n) is 7.80. The second-order valence-corrected chi connectivity index (χ2v) is 6.18. The Bertz CT molecular complexity index is 206. The van der Waals surface area contributed by atoms with Crippen LogP contribution in [0.1, 0.15) is 46.5 Å². The van der Waals surface area contributed by atoms with Crippen LogP contribution in [0, 0.1) is 11.8 Å². The molecule has 1 heterocycles. The quantitative estimate of drug-likeness (QED) is 0.653. The third kappa shape index (κ3) is 5.68. The predicted octanol–water partition coefficient (Wildman–Crippen LogP) is 2.07. The number of nitrogens with two attached hydrogens (primary N) is 1. The molecule has 0 aromatic carbocycles. The third-order valence-electron chi connectivity index (χ3n) is 4.39. The van der Waals surface area contributed by atoms with Crippen LogP contribution < -0.4 is 11.1 Å². The Balaban J connectivity index is 2.04. The molecule has 0 aromatic rings. The number of hydrogen-bond acceptors (Lipinski definition) is 3. The summed E-state index contributed by atoms with van der Waals surface area (Å²) in [6, 6.07) is 0.797. The van der Waals surface area contributed by atoms with E-state index in [1.54, 1.807) is 0 Å².